The Morgan fingerprint density at radius 3 is 2.83 bits per heavy atom. The number of aliphatic imine (C=N–C) groups is 1. The first-order chi connectivity index (χ1) is 11.0. The van der Waals surface area contributed by atoms with E-state index in [0.717, 1.165) is 70.9 Å². The molecule has 1 saturated heterocycles. The Labute approximate surface area is 141 Å². The maximum absolute atomic E-state index is 11.3. The lowest BCUT2D eigenvalue weighted by molar-refractivity contribution is -0.123. The minimum Gasteiger partial charge on any atom is -0.369 e. The van der Waals surface area contributed by atoms with Crippen LogP contribution in [0.4, 0.5) is 0 Å². The van der Waals surface area contributed by atoms with Gasteiger partial charge in [0, 0.05) is 26.2 Å². The molecule has 6 heteroatoms. The van der Waals surface area contributed by atoms with Crippen LogP contribution >= 0.6 is 0 Å². The van der Waals surface area contributed by atoms with Gasteiger partial charge in [-0.1, -0.05) is 13.8 Å². The van der Waals surface area contributed by atoms with Crippen LogP contribution in [0.25, 0.3) is 0 Å². The van der Waals surface area contributed by atoms with Crippen molar-refractivity contribution in [1.29, 1.82) is 0 Å². The number of nitrogens with one attached hydrogen (secondary N) is 2. The molecule has 1 heterocycles. The summed E-state index contributed by atoms with van der Waals surface area (Å²) in [5, 5.41) is 6.66. The number of rotatable bonds is 9. The van der Waals surface area contributed by atoms with E-state index in [-0.39, 0.29) is 11.8 Å². The van der Waals surface area contributed by atoms with E-state index < -0.39 is 0 Å². The molecule has 4 N–H and O–H groups in total. The summed E-state index contributed by atoms with van der Waals surface area (Å²) in [5.74, 6) is 1.48. The average Bonchev–Trinajstić information content (AvgIpc) is 2.51. The molecule has 0 spiro atoms. The van der Waals surface area contributed by atoms with Crippen molar-refractivity contribution in [3.8, 4) is 0 Å². The Morgan fingerprint density at radius 1 is 1.39 bits per heavy atom. The van der Waals surface area contributed by atoms with Gasteiger partial charge in [0.15, 0.2) is 5.96 Å². The summed E-state index contributed by atoms with van der Waals surface area (Å²) in [6.07, 6.45) is 4.16. The molecule has 1 unspecified atom stereocenters. The van der Waals surface area contributed by atoms with Crippen LogP contribution in [-0.4, -0.2) is 56.0 Å². The van der Waals surface area contributed by atoms with E-state index in [4.69, 9.17) is 5.73 Å². The zero-order valence-electron chi connectivity index (χ0n) is 15.1. The molecule has 0 bridgehead atoms. The highest BCUT2D eigenvalue weighted by Crippen LogP contribution is 2.15. The minimum atomic E-state index is -0.156. The van der Waals surface area contributed by atoms with E-state index >= 15 is 0 Å². The van der Waals surface area contributed by atoms with Gasteiger partial charge in [0.1, 0.15) is 0 Å². The zero-order valence-corrected chi connectivity index (χ0v) is 15.1. The van der Waals surface area contributed by atoms with E-state index in [1.807, 2.05) is 0 Å². The Balaban J connectivity index is 2.26. The van der Waals surface area contributed by atoms with E-state index in [0.29, 0.717) is 5.92 Å². The molecule has 1 amide bonds. The maximum Gasteiger partial charge on any atom is 0.221 e. The quantitative estimate of drug-likeness (QED) is 0.338. The Hall–Kier alpha value is -1.30. The van der Waals surface area contributed by atoms with Gasteiger partial charge in [-0.3, -0.25) is 9.79 Å². The number of nitrogens with zero attached hydrogens (tertiary/aromatic N) is 2. The van der Waals surface area contributed by atoms with Gasteiger partial charge in [0.2, 0.25) is 5.91 Å². The molecule has 134 valence electrons. The number of hydrogen-bond acceptors (Lipinski definition) is 3. The standard InChI is InChI=1S/C17H35N5O/c1-4-19-17(21-10-8-14(2)3)20-9-6-12-22-11-5-7-15(13-22)16(18)23/h14-15H,4-13H2,1-3H3,(H2,18,23)(H2,19,20,21). The number of likely N-dealkylation sites (tertiary alicyclic amines) is 1. The summed E-state index contributed by atoms with van der Waals surface area (Å²) in [6, 6.07) is 0. The van der Waals surface area contributed by atoms with Gasteiger partial charge < -0.3 is 21.3 Å². The Kier molecular flexibility index (Phi) is 9.67. The summed E-state index contributed by atoms with van der Waals surface area (Å²) in [7, 11) is 0. The minimum absolute atomic E-state index is 0.0299. The molecule has 0 aromatic carbocycles. The molecule has 0 saturated carbocycles. The third kappa shape index (κ3) is 8.79. The smallest absolute Gasteiger partial charge is 0.221 e. The summed E-state index contributed by atoms with van der Waals surface area (Å²) >= 11 is 0. The highest BCUT2D eigenvalue weighted by atomic mass is 16.1. The number of piperidine rings is 1. The first-order valence-electron chi connectivity index (χ1n) is 9.06. The number of hydrogen-bond donors (Lipinski definition) is 3. The first-order valence-corrected chi connectivity index (χ1v) is 9.06. The van der Waals surface area contributed by atoms with Gasteiger partial charge in [-0.05, 0) is 51.6 Å². The van der Waals surface area contributed by atoms with Crippen molar-refractivity contribution < 1.29 is 4.79 Å². The molecular weight excluding hydrogens is 290 g/mol. The lowest BCUT2D eigenvalue weighted by atomic mass is 9.97. The van der Waals surface area contributed by atoms with Gasteiger partial charge in [-0.25, -0.2) is 0 Å². The van der Waals surface area contributed by atoms with E-state index in [9.17, 15) is 4.79 Å². The van der Waals surface area contributed by atoms with Gasteiger partial charge in [-0.15, -0.1) is 0 Å². The van der Waals surface area contributed by atoms with Crippen LogP contribution in [0.1, 0.15) is 46.5 Å². The fourth-order valence-electron chi connectivity index (χ4n) is 2.80. The average molecular weight is 326 g/mol. The van der Waals surface area contributed by atoms with Crippen molar-refractivity contribution >= 4 is 11.9 Å². The van der Waals surface area contributed by atoms with Crippen LogP contribution < -0.4 is 16.4 Å². The third-order valence-corrected chi connectivity index (χ3v) is 4.17. The molecule has 0 aliphatic carbocycles. The molecule has 1 aliphatic heterocycles. The van der Waals surface area contributed by atoms with Crippen LogP contribution in [0.2, 0.25) is 0 Å². The third-order valence-electron chi connectivity index (χ3n) is 4.17. The van der Waals surface area contributed by atoms with E-state index in [1.54, 1.807) is 0 Å². The molecule has 0 aromatic heterocycles. The topological polar surface area (TPSA) is 82.8 Å². The highest BCUT2D eigenvalue weighted by Gasteiger charge is 2.23. The SMILES string of the molecule is CCNC(=NCCCN1CCCC(C(N)=O)C1)NCCC(C)C. The van der Waals surface area contributed by atoms with Crippen LogP contribution in [-0.2, 0) is 4.79 Å². The van der Waals surface area contributed by atoms with Crippen molar-refractivity contribution in [3.63, 3.8) is 0 Å². The Morgan fingerprint density at radius 2 is 2.17 bits per heavy atom. The number of amides is 1. The van der Waals surface area contributed by atoms with Gasteiger partial charge in [0.25, 0.3) is 0 Å². The van der Waals surface area contributed by atoms with E-state index in [2.05, 4.69) is 41.3 Å². The molecular formula is C17H35N5O. The van der Waals surface area contributed by atoms with Crippen LogP contribution in [0.15, 0.2) is 4.99 Å². The van der Waals surface area contributed by atoms with E-state index in [1.165, 1.54) is 0 Å². The zero-order chi connectivity index (χ0) is 17.1. The summed E-state index contributed by atoms with van der Waals surface area (Å²) in [5.41, 5.74) is 5.42. The van der Waals surface area contributed by atoms with Crippen LogP contribution in [0, 0.1) is 11.8 Å². The first kappa shape index (κ1) is 19.7. The monoisotopic (exact) mass is 325 g/mol. The van der Waals surface area contributed by atoms with Gasteiger partial charge >= 0.3 is 0 Å². The number of nitrogens with two attached hydrogens (primary N) is 1. The van der Waals surface area contributed by atoms with Gasteiger partial charge in [-0.2, -0.15) is 0 Å². The molecule has 23 heavy (non-hydrogen) atoms. The number of guanidine groups is 1. The summed E-state index contributed by atoms with van der Waals surface area (Å²) in [4.78, 5) is 18.3. The van der Waals surface area contributed by atoms with Crippen LogP contribution in [0.5, 0.6) is 0 Å². The predicted octanol–water partition coefficient (Wildman–Crippen LogP) is 1.18. The predicted molar refractivity (Wildman–Crippen MR) is 96.4 cm³/mol. The fourth-order valence-corrected chi connectivity index (χ4v) is 2.80. The molecule has 1 fully saturated rings. The number of carbonyl (C=O) groups excluding carboxylic acids is 1. The second-order valence-corrected chi connectivity index (χ2v) is 6.77. The second-order valence-electron chi connectivity index (χ2n) is 6.77. The fraction of sp³-hybridized carbons (Fsp3) is 0.882. The Bertz CT molecular complexity index is 370. The molecule has 1 aliphatic rings. The lowest BCUT2D eigenvalue weighted by Crippen LogP contribution is -2.41. The molecule has 6 nitrogen and oxygen atoms in total. The van der Waals surface area contributed by atoms with Crippen LogP contribution in [0.3, 0.4) is 0 Å². The normalized spacial score (nSPS) is 19.8. The molecule has 0 radical (unpaired) electrons. The van der Waals surface area contributed by atoms with Crippen molar-refractivity contribution in [3.05, 3.63) is 0 Å². The maximum atomic E-state index is 11.3. The summed E-state index contributed by atoms with van der Waals surface area (Å²) in [6.45, 7) is 12.0. The molecule has 1 atom stereocenters. The van der Waals surface area contributed by atoms with Gasteiger partial charge in [0.05, 0.1) is 5.92 Å². The highest BCUT2D eigenvalue weighted by molar-refractivity contribution is 5.79. The van der Waals surface area contributed by atoms with Crippen molar-refractivity contribution in [2.75, 3.05) is 39.3 Å². The molecule has 1 rings (SSSR count). The largest absolute Gasteiger partial charge is 0.369 e. The number of carbonyl (C=O) groups is 1. The second kappa shape index (κ2) is 11.3. The van der Waals surface area contributed by atoms with Crippen molar-refractivity contribution in [1.82, 2.24) is 15.5 Å². The lowest BCUT2D eigenvalue weighted by Gasteiger charge is -2.30. The molecule has 0 aromatic rings. The van der Waals surface area contributed by atoms with Crippen molar-refractivity contribution in [2.45, 2.75) is 46.5 Å². The number of primary amides is 1. The summed E-state index contributed by atoms with van der Waals surface area (Å²) < 4.78 is 0. The van der Waals surface area contributed by atoms with Crippen molar-refractivity contribution in [2.24, 2.45) is 22.6 Å².